The smallest absolute Gasteiger partial charge is 0.319 e. The molecular weight excluding hydrogens is 468 g/mol. The van der Waals surface area contributed by atoms with Gasteiger partial charge >= 0.3 is 12.1 Å². The molecule has 2 saturated heterocycles. The van der Waals surface area contributed by atoms with Crippen molar-refractivity contribution in [1.29, 1.82) is 0 Å². The Hall–Kier alpha value is -3.56. The summed E-state index contributed by atoms with van der Waals surface area (Å²) >= 11 is 0. The van der Waals surface area contributed by atoms with Crippen LogP contribution < -0.4 is 10.2 Å². The van der Waals surface area contributed by atoms with E-state index < -0.39 is 0 Å². The van der Waals surface area contributed by atoms with Crippen LogP contribution in [0.3, 0.4) is 0 Å². The van der Waals surface area contributed by atoms with Crippen molar-refractivity contribution in [3.05, 3.63) is 42.2 Å². The van der Waals surface area contributed by atoms with Crippen LogP contribution in [-0.2, 0) is 0 Å². The lowest BCUT2D eigenvalue weighted by atomic mass is 9.89. The van der Waals surface area contributed by atoms with E-state index in [9.17, 15) is 9.59 Å². The lowest BCUT2D eigenvalue weighted by Gasteiger charge is -2.38. The number of carbonyl (C=O) groups excluding carboxylic acids is 2. The minimum absolute atomic E-state index is 0.0180. The minimum Gasteiger partial charge on any atom is -0.353 e. The van der Waals surface area contributed by atoms with Gasteiger partial charge in [0.15, 0.2) is 5.82 Å². The second-order valence-electron chi connectivity index (χ2n) is 10.5. The number of anilines is 3. The largest absolute Gasteiger partial charge is 0.353 e. The molecule has 0 unspecified atom stereocenters. The molecule has 2 aliphatic heterocycles. The number of urea groups is 2. The summed E-state index contributed by atoms with van der Waals surface area (Å²) in [6.07, 6.45) is 7.46. The van der Waals surface area contributed by atoms with E-state index in [1.807, 2.05) is 16.8 Å². The standard InChI is InChI=1S/C27H40N8O2/c1-31(2)26(36)33(5)23-7-6-14-35(19-23)25-18-28-17-24(30-25)29-22-10-8-20(9-11-22)21-12-15-34(16-13-21)27(37)32(3)4/h8-11,17-18,21,23H,6-7,12-16,19H2,1-5H3,(H,29,30)/t23-/m1/s1. The maximum absolute atomic E-state index is 12.4. The summed E-state index contributed by atoms with van der Waals surface area (Å²) < 4.78 is 0. The molecule has 0 aliphatic carbocycles. The zero-order valence-electron chi connectivity index (χ0n) is 22.7. The predicted molar refractivity (Wildman–Crippen MR) is 146 cm³/mol. The van der Waals surface area contributed by atoms with Crippen LogP contribution in [-0.4, -0.2) is 109 Å². The van der Waals surface area contributed by atoms with Gasteiger partial charge in [-0.15, -0.1) is 0 Å². The molecule has 0 bridgehead atoms. The lowest BCUT2D eigenvalue weighted by Crippen LogP contribution is -2.51. The van der Waals surface area contributed by atoms with Crippen LogP contribution in [0.5, 0.6) is 0 Å². The molecular formula is C27H40N8O2. The summed E-state index contributed by atoms with van der Waals surface area (Å²) in [5.41, 5.74) is 2.27. The van der Waals surface area contributed by atoms with Crippen molar-refractivity contribution in [1.82, 2.24) is 29.6 Å². The van der Waals surface area contributed by atoms with Crippen LogP contribution in [0.4, 0.5) is 26.9 Å². The molecule has 1 aromatic carbocycles. The molecule has 1 atom stereocenters. The fraction of sp³-hybridized carbons (Fsp3) is 0.556. The minimum atomic E-state index is 0.0180. The third kappa shape index (κ3) is 6.42. The van der Waals surface area contributed by atoms with Gasteiger partial charge in [0.2, 0.25) is 0 Å². The summed E-state index contributed by atoms with van der Waals surface area (Å²) in [4.78, 5) is 43.1. The van der Waals surface area contributed by atoms with Gasteiger partial charge in [-0.05, 0) is 49.3 Å². The fourth-order valence-electron chi connectivity index (χ4n) is 5.19. The highest BCUT2D eigenvalue weighted by Crippen LogP contribution is 2.30. The highest BCUT2D eigenvalue weighted by molar-refractivity contribution is 5.74. The predicted octanol–water partition coefficient (Wildman–Crippen LogP) is 3.66. The van der Waals surface area contributed by atoms with Crippen LogP contribution in [0.1, 0.15) is 37.2 Å². The van der Waals surface area contributed by atoms with Gasteiger partial charge in [0, 0.05) is 67.1 Å². The summed E-state index contributed by atoms with van der Waals surface area (Å²) in [6, 6.07) is 8.75. The number of amides is 4. The van der Waals surface area contributed by atoms with Gasteiger partial charge in [0.1, 0.15) is 5.82 Å². The zero-order chi connectivity index (χ0) is 26.5. The van der Waals surface area contributed by atoms with Crippen LogP contribution in [0.25, 0.3) is 0 Å². The molecule has 200 valence electrons. The van der Waals surface area contributed by atoms with Crippen LogP contribution in [0.15, 0.2) is 36.7 Å². The van der Waals surface area contributed by atoms with E-state index in [1.54, 1.807) is 50.4 Å². The van der Waals surface area contributed by atoms with Crippen molar-refractivity contribution in [2.45, 2.75) is 37.6 Å². The number of benzene rings is 1. The van der Waals surface area contributed by atoms with Gasteiger partial charge in [0.25, 0.3) is 0 Å². The van der Waals surface area contributed by atoms with Crippen molar-refractivity contribution >= 4 is 29.4 Å². The van der Waals surface area contributed by atoms with Gasteiger partial charge in [0.05, 0.1) is 18.4 Å². The topological polar surface area (TPSA) is 88.2 Å². The van der Waals surface area contributed by atoms with Gasteiger partial charge in [-0.25, -0.2) is 14.6 Å². The second kappa shape index (κ2) is 11.7. The van der Waals surface area contributed by atoms with Crippen molar-refractivity contribution in [2.75, 3.05) is 71.6 Å². The summed E-state index contributed by atoms with van der Waals surface area (Å²) in [7, 11) is 9.04. The Bertz CT molecular complexity index is 1070. The number of aromatic nitrogens is 2. The Morgan fingerprint density at radius 1 is 0.919 bits per heavy atom. The Balaban J connectivity index is 1.35. The normalized spacial score (nSPS) is 18.4. The van der Waals surface area contributed by atoms with Crippen molar-refractivity contribution in [2.24, 2.45) is 0 Å². The van der Waals surface area contributed by atoms with Crippen molar-refractivity contribution in [3.8, 4) is 0 Å². The first-order valence-electron chi connectivity index (χ1n) is 13.1. The molecule has 4 amide bonds. The molecule has 3 heterocycles. The highest BCUT2D eigenvalue weighted by atomic mass is 16.2. The summed E-state index contributed by atoms with van der Waals surface area (Å²) in [6.45, 7) is 3.22. The molecule has 1 aromatic heterocycles. The molecule has 0 spiro atoms. The van der Waals surface area contributed by atoms with E-state index in [1.165, 1.54) is 5.56 Å². The first-order valence-corrected chi connectivity index (χ1v) is 13.1. The molecule has 2 aliphatic rings. The average molecular weight is 509 g/mol. The Morgan fingerprint density at radius 3 is 2.27 bits per heavy atom. The van der Waals surface area contributed by atoms with Crippen LogP contribution >= 0.6 is 0 Å². The summed E-state index contributed by atoms with van der Waals surface area (Å²) in [5, 5.41) is 3.39. The molecule has 0 radical (unpaired) electrons. The van der Waals surface area contributed by atoms with Gasteiger partial charge in [-0.1, -0.05) is 12.1 Å². The number of nitrogens with zero attached hydrogens (tertiary/aromatic N) is 7. The molecule has 2 aromatic rings. The number of nitrogens with one attached hydrogen (secondary N) is 1. The molecule has 37 heavy (non-hydrogen) atoms. The maximum atomic E-state index is 12.4. The first-order chi connectivity index (χ1) is 17.7. The molecule has 10 nitrogen and oxygen atoms in total. The van der Waals surface area contributed by atoms with Crippen LogP contribution in [0, 0.1) is 0 Å². The third-order valence-corrected chi connectivity index (χ3v) is 7.38. The number of hydrogen-bond donors (Lipinski definition) is 1. The Morgan fingerprint density at radius 2 is 1.62 bits per heavy atom. The van der Waals surface area contributed by atoms with E-state index in [4.69, 9.17) is 4.98 Å². The summed E-state index contributed by atoms with van der Waals surface area (Å²) in [5.74, 6) is 1.98. The second-order valence-corrected chi connectivity index (χ2v) is 10.5. The Labute approximate surface area is 220 Å². The molecule has 4 rings (SSSR count). The van der Waals surface area contributed by atoms with Crippen LogP contribution in [0.2, 0.25) is 0 Å². The fourth-order valence-corrected chi connectivity index (χ4v) is 5.19. The third-order valence-electron chi connectivity index (χ3n) is 7.38. The number of likely N-dealkylation sites (N-methyl/N-ethyl adjacent to an activating group) is 1. The number of likely N-dealkylation sites (tertiary alicyclic amines) is 1. The van der Waals surface area contributed by atoms with E-state index in [-0.39, 0.29) is 18.1 Å². The maximum Gasteiger partial charge on any atom is 0.319 e. The van der Waals surface area contributed by atoms with Gasteiger partial charge in [-0.2, -0.15) is 0 Å². The van der Waals surface area contributed by atoms with E-state index >= 15 is 0 Å². The highest BCUT2D eigenvalue weighted by Gasteiger charge is 2.28. The SMILES string of the molecule is CN(C)C(=O)N1CCC(c2ccc(Nc3cncc(N4CCC[C@@H](N(C)C(=O)N(C)C)C4)n3)cc2)CC1. The van der Waals surface area contributed by atoms with E-state index in [2.05, 4.69) is 39.5 Å². The molecule has 0 saturated carbocycles. The molecule has 10 heteroatoms. The molecule has 1 N–H and O–H groups in total. The van der Waals surface area contributed by atoms with E-state index in [0.29, 0.717) is 11.7 Å². The first kappa shape index (κ1) is 26.5. The number of hydrogen-bond acceptors (Lipinski definition) is 6. The lowest BCUT2D eigenvalue weighted by molar-refractivity contribution is 0.156. The Kier molecular flexibility index (Phi) is 8.35. The number of carbonyl (C=O) groups is 2. The zero-order valence-corrected chi connectivity index (χ0v) is 22.7. The molecule has 2 fully saturated rings. The van der Waals surface area contributed by atoms with Gasteiger partial charge < -0.3 is 29.8 Å². The monoisotopic (exact) mass is 508 g/mol. The van der Waals surface area contributed by atoms with E-state index in [0.717, 1.165) is 63.4 Å². The van der Waals surface area contributed by atoms with Gasteiger partial charge in [-0.3, -0.25) is 4.98 Å². The average Bonchev–Trinajstić information content (AvgIpc) is 2.92. The van der Waals surface area contributed by atoms with Crippen molar-refractivity contribution < 1.29 is 9.59 Å². The van der Waals surface area contributed by atoms with Crippen molar-refractivity contribution in [3.63, 3.8) is 0 Å². The number of piperidine rings is 2. The number of rotatable bonds is 5. The quantitative estimate of drug-likeness (QED) is 0.663.